The summed E-state index contributed by atoms with van der Waals surface area (Å²) in [6.45, 7) is 5.66. The van der Waals surface area contributed by atoms with Gasteiger partial charge in [0.15, 0.2) is 0 Å². The molecule has 9 heteroatoms. The zero-order chi connectivity index (χ0) is 26.1. The summed E-state index contributed by atoms with van der Waals surface area (Å²) >= 11 is 17.7. The molecule has 2 N–H and O–H groups in total. The van der Waals surface area contributed by atoms with Crippen LogP contribution >= 0.6 is 34.8 Å². The molecule has 37 heavy (non-hydrogen) atoms. The molecule has 0 spiro atoms. The number of benzene rings is 2. The van der Waals surface area contributed by atoms with Crippen molar-refractivity contribution in [3.63, 3.8) is 0 Å². The number of halogens is 3. The van der Waals surface area contributed by atoms with Crippen molar-refractivity contribution in [1.29, 1.82) is 0 Å². The van der Waals surface area contributed by atoms with Crippen LogP contribution in [0.1, 0.15) is 24.8 Å². The summed E-state index contributed by atoms with van der Waals surface area (Å²) < 4.78 is 9.38. The molecule has 2 aromatic carbocycles. The highest BCUT2D eigenvalue weighted by atomic mass is 35.6. The maximum atomic E-state index is 12.7. The van der Waals surface area contributed by atoms with E-state index in [1.54, 1.807) is 0 Å². The normalized spacial score (nSPS) is 20.7. The number of nitrogens with zero attached hydrogens (tertiary/aromatic N) is 1. The number of alkyl halides is 3. The van der Waals surface area contributed by atoms with E-state index in [0.717, 1.165) is 69.1 Å². The minimum Gasteiger partial charge on any atom is -0.492 e. The van der Waals surface area contributed by atoms with E-state index in [2.05, 4.69) is 21.6 Å². The van der Waals surface area contributed by atoms with E-state index in [9.17, 15) is 4.79 Å². The fourth-order valence-corrected chi connectivity index (χ4v) is 5.02. The van der Waals surface area contributed by atoms with Crippen LogP contribution in [0.5, 0.6) is 5.75 Å². The standard InChI is InChI=1S/C28H34Cl3N3O3/c29-28(30,31)26(35)33-27(19-22-6-2-1-3-7-22)11-5-8-23(20-27)21-32-24-9-4-10-25(18-24)37-17-14-34-12-15-36-16-13-34/h1-4,6-7,9-10,18,20,32H,5,8,11-17,19,21H2,(H,33,35). The van der Waals surface area contributed by atoms with E-state index in [4.69, 9.17) is 44.3 Å². The molecule has 1 amide bonds. The Balaban J connectivity index is 1.39. The minimum absolute atomic E-state index is 0.610. The van der Waals surface area contributed by atoms with Crippen molar-refractivity contribution in [1.82, 2.24) is 10.2 Å². The number of carbonyl (C=O) groups is 1. The van der Waals surface area contributed by atoms with E-state index < -0.39 is 15.2 Å². The van der Waals surface area contributed by atoms with Gasteiger partial charge >= 0.3 is 0 Å². The van der Waals surface area contributed by atoms with Crippen molar-refractivity contribution in [3.8, 4) is 5.75 Å². The third-order valence-corrected chi connectivity index (χ3v) is 7.23. The largest absolute Gasteiger partial charge is 0.492 e. The van der Waals surface area contributed by atoms with Crippen molar-refractivity contribution in [3.05, 3.63) is 71.8 Å². The van der Waals surface area contributed by atoms with Gasteiger partial charge in [0.1, 0.15) is 12.4 Å². The Morgan fingerprint density at radius 1 is 1.08 bits per heavy atom. The van der Waals surface area contributed by atoms with Crippen LogP contribution in [0, 0.1) is 0 Å². The second-order valence-electron chi connectivity index (χ2n) is 9.61. The van der Waals surface area contributed by atoms with Gasteiger partial charge in [-0.3, -0.25) is 9.69 Å². The van der Waals surface area contributed by atoms with E-state index in [-0.39, 0.29) is 0 Å². The van der Waals surface area contributed by atoms with Crippen molar-refractivity contribution in [2.75, 3.05) is 51.3 Å². The van der Waals surface area contributed by atoms with E-state index in [1.165, 1.54) is 5.57 Å². The third kappa shape index (κ3) is 8.79. The topological polar surface area (TPSA) is 62.8 Å². The molecule has 0 aromatic heterocycles. The summed E-state index contributed by atoms with van der Waals surface area (Å²) in [5.74, 6) is 0.227. The molecule has 1 aliphatic carbocycles. The molecule has 1 aliphatic heterocycles. The average molecular weight is 567 g/mol. The summed E-state index contributed by atoms with van der Waals surface area (Å²) in [6, 6.07) is 18.1. The van der Waals surface area contributed by atoms with Crippen LogP contribution in [-0.4, -0.2) is 66.1 Å². The molecule has 1 atom stereocenters. The number of rotatable bonds is 10. The monoisotopic (exact) mass is 565 g/mol. The number of morpholine rings is 1. The lowest BCUT2D eigenvalue weighted by Gasteiger charge is -2.37. The predicted molar refractivity (Wildman–Crippen MR) is 151 cm³/mol. The Hall–Kier alpha value is -1.96. The first kappa shape index (κ1) is 28.1. The van der Waals surface area contributed by atoms with Crippen molar-refractivity contribution < 1.29 is 14.3 Å². The second kappa shape index (κ2) is 13.2. The number of carbonyl (C=O) groups excluding carboxylic acids is 1. The van der Waals surface area contributed by atoms with Gasteiger partial charge in [-0.1, -0.05) is 82.9 Å². The molecule has 6 nitrogen and oxygen atoms in total. The van der Waals surface area contributed by atoms with Crippen LogP contribution in [0.3, 0.4) is 0 Å². The smallest absolute Gasteiger partial charge is 0.272 e. The van der Waals surface area contributed by atoms with Crippen molar-refractivity contribution in [2.45, 2.75) is 35.0 Å². The Bertz CT molecular complexity index is 1060. The maximum absolute atomic E-state index is 12.7. The predicted octanol–water partition coefficient (Wildman–Crippen LogP) is 5.39. The Kier molecular flexibility index (Phi) is 10.0. The van der Waals surface area contributed by atoms with Crippen LogP contribution in [-0.2, 0) is 16.0 Å². The van der Waals surface area contributed by atoms with Gasteiger partial charge in [-0.15, -0.1) is 0 Å². The number of amides is 1. The fraction of sp³-hybridized carbons (Fsp3) is 0.464. The van der Waals surface area contributed by atoms with E-state index >= 15 is 0 Å². The van der Waals surface area contributed by atoms with Crippen LogP contribution in [0.2, 0.25) is 0 Å². The van der Waals surface area contributed by atoms with Gasteiger partial charge in [-0.2, -0.15) is 0 Å². The molecule has 2 aromatic rings. The van der Waals surface area contributed by atoms with Gasteiger partial charge in [0.05, 0.1) is 18.8 Å². The highest BCUT2D eigenvalue weighted by Crippen LogP contribution is 2.33. The molecule has 1 fully saturated rings. The maximum Gasteiger partial charge on any atom is 0.272 e. The summed E-state index contributed by atoms with van der Waals surface area (Å²) in [5, 5.41) is 6.55. The quantitative estimate of drug-likeness (QED) is 0.298. The molecule has 4 rings (SSSR count). The first-order valence-corrected chi connectivity index (χ1v) is 13.9. The fourth-order valence-electron chi connectivity index (χ4n) is 4.87. The van der Waals surface area contributed by atoms with Crippen LogP contribution in [0.15, 0.2) is 66.2 Å². The lowest BCUT2D eigenvalue weighted by molar-refractivity contribution is -0.121. The lowest BCUT2D eigenvalue weighted by Crippen LogP contribution is -2.53. The van der Waals surface area contributed by atoms with Gasteiger partial charge in [0, 0.05) is 37.9 Å². The summed E-state index contributed by atoms with van der Waals surface area (Å²) in [5.41, 5.74) is 2.67. The van der Waals surface area contributed by atoms with E-state index in [1.807, 2.05) is 54.6 Å². The first-order valence-electron chi connectivity index (χ1n) is 12.7. The van der Waals surface area contributed by atoms with E-state index in [0.29, 0.717) is 19.6 Å². The van der Waals surface area contributed by atoms with Crippen molar-refractivity contribution >= 4 is 46.4 Å². The molecule has 1 heterocycles. The Morgan fingerprint density at radius 2 is 1.86 bits per heavy atom. The zero-order valence-electron chi connectivity index (χ0n) is 20.9. The molecule has 1 saturated heterocycles. The third-order valence-electron chi connectivity index (χ3n) is 6.72. The molecular formula is C28H34Cl3N3O3. The Labute approximate surface area is 234 Å². The lowest BCUT2D eigenvalue weighted by atomic mass is 9.79. The summed E-state index contributed by atoms with van der Waals surface area (Å²) in [4.78, 5) is 15.0. The van der Waals surface area contributed by atoms with Gasteiger partial charge in [0.2, 0.25) is 0 Å². The second-order valence-corrected chi connectivity index (χ2v) is 11.9. The van der Waals surface area contributed by atoms with Gasteiger partial charge in [-0.25, -0.2) is 0 Å². The Morgan fingerprint density at radius 3 is 2.62 bits per heavy atom. The highest BCUT2D eigenvalue weighted by molar-refractivity contribution is 6.76. The number of hydrogen-bond donors (Lipinski definition) is 2. The minimum atomic E-state index is -2.02. The van der Waals surface area contributed by atoms with Crippen LogP contribution in [0.4, 0.5) is 5.69 Å². The van der Waals surface area contributed by atoms with Crippen molar-refractivity contribution in [2.24, 2.45) is 0 Å². The zero-order valence-corrected chi connectivity index (χ0v) is 23.1. The molecule has 2 aliphatic rings. The van der Waals surface area contributed by atoms with Crippen LogP contribution in [0.25, 0.3) is 0 Å². The number of ether oxygens (including phenoxy) is 2. The summed E-state index contributed by atoms with van der Waals surface area (Å²) in [6.07, 6.45) is 5.39. The number of anilines is 1. The number of hydrogen-bond acceptors (Lipinski definition) is 5. The highest BCUT2D eigenvalue weighted by Gasteiger charge is 2.39. The SMILES string of the molecule is O=C(NC1(Cc2ccccc2)C=C(CNc2cccc(OCCN3CCOCC3)c2)CCC1)C(Cl)(Cl)Cl. The first-order chi connectivity index (χ1) is 17.8. The van der Waals surface area contributed by atoms with Gasteiger partial charge < -0.3 is 20.1 Å². The molecular weight excluding hydrogens is 533 g/mol. The summed E-state index contributed by atoms with van der Waals surface area (Å²) in [7, 11) is 0. The molecule has 200 valence electrons. The molecule has 1 unspecified atom stereocenters. The molecule has 0 bridgehead atoms. The average Bonchev–Trinajstić information content (AvgIpc) is 2.88. The number of nitrogens with one attached hydrogen (secondary N) is 2. The molecule has 0 radical (unpaired) electrons. The van der Waals surface area contributed by atoms with Gasteiger partial charge in [-0.05, 0) is 43.4 Å². The van der Waals surface area contributed by atoms with Gasteiger partial charge in [0.25, 0.3) is 9.70 Å². The van der Waals surface area contributed by atoms with Crippen LogP contribution < -0.4 is 15.4 Å². The molecule has 0 saturated carbocycles.